The second-order valence-corrected chi connectivity index (χ2v) is 7.23. The summed E-state index contributed by atoms with van der Waals surface area (Å²) >= 11 is 5.23. The van der Waals surface area contributed by atoms with Crippen molar-refractivity contribution in [1.82, 2.24) is 20.3 Å². The van der Waals surface area contributed by atoms with E-state index in [9.17, 15) is 4.79 Å². The number of anilines is 1. The largest absolute Gasteiger partial charge is 0.484 e. The number of amides is 1. The maximum Gasteiger partial charge on any atom is 0.264 e. The van der Waals surface area contributed by atoms with Crippen LogP contribution in [-0.4, -0.2) is 32.6 Å². The topological polar surface area (TPSA) is 81.1 Å². The van der Waals surface area contributed by atoms with Crippen LogP contribution in [0.4, 0.5) is 5.69 Å². The van der Waals surface area contributed by atoms with Crippen LogP contribution in [-0.2, 0) is 11.2 Å². The first-order chi connectivity index (χ1) is 15.1. The Hall–Kier alpha value is -3.78. The van der Waals surface area contributed by atoms with Crippen molar-refractivity contribution >= 4 is 40.0 Å². The molecule has 0 saturated carbocycles. The average molecular weight is 432 g/mol. The lowest BCUT2D eigenvalue weighted by molar-refractivity contribution is -0.121. The van der Waals surface area contributed by atoms with Gasteiger partial charge in [0.25, 0.3) is 5.91 Å². The van der Waals surface area contributed by atoms with E-state index < -0.39 is 0 Å². The number of benzene rings is 3. The van der Waals surface area contributed by atoms with Crippen LogP contribution in [0.5, 0.6) is 5.75 Å². The Balaban J connectivity index is 1.37. The van der Waals surface area contributed by atoms with E-state index in [-0.39, 0.29) is 17.6 Å². The number of aryl methyl sites for hydroxylation is 1. The number of aromatic nitrogens is 3. The van der Waals surface area contributed by atoms with Crippen molar-refractivity contribution in [3.8, 4) is 11.4 Å². The molecule has 0 aliphatic rings. The number of carbonyl (C=O) groups is 1. The molecule has 1 amide bonds. The molecule has 7 nitrogen and oxygen atoms in total. The lowest BCUT2D eigenvalue weighted by Crippen LogP contribution is -2.37. The van der Waals surface area contributed by atoms with Crippen LogP contribution >= 0.6 is 12.2 Å². The fourth-order valence-corrected chi connectivity index (χ4v) is 3.20. The molecule has 1 heterocycles. The van der Waals surface area contributed by atoms with Gasteiger partial charge in [-0.1, -0.05) is 37.3 Å². The third-order valence-corrected chi connectivity index (χ3v) is 4.78. The highest BCUT2D eigenvalue weighted by Crippen LogP contribution is 2.18. The number of nitrogens with zero attached hydrogens (tertiary/aromatic N) is 3. The van der Waals surface area contributed by atoms with Gasteiger partial charge >= 0.3 is 0 Å². The molecule has 0 atom stereocenters. The molecule has 3 aromatic carbocycles. The SMILES string of the molecule is CCc1ccc(-n2nc3ccc(NC(=S)NC(=O)COc4ccccc4)cc3n2)cc1. The molecule has 156 valence electrons. The predicted octanol–water partition coefficient (Wildman–Crippen LogP) is 3.87. The van der Waals surface area contributed by atoms with Gasteiger partial charge in [0.1, 0.15) is 16.8 Å². The van der Waals surface area contributed by atoms with E-state index in [1.807, 2.05) is 48.5 Å². The number of hydrogen-bond acceptors (Lipinski definition) is 5. The van der Waals surface area contributed by atoms with Crippen molar-refractivity contribution in [2.24, 2.45) is 0 Å². The molecule has 0 fully saturated rings. The second-order valence-electron chi connectivity index (χ2n) is 6.82. The molecule has 2 N–H and O–H groups in total. The minimum Gasteiger partial charge on any atom is -0.484 e. The first-order valence-electron chi connectivity index (χ1n) is 9.86. The number of thiocarbonyl (C=S) groups is 1. The van der Waals surface area contributed by atoms with Gasteiger partial charge in [0.05, 0.1) is 5.69 Å². The Morgan fingerprint density at radius 3 is 2.48 bits per heavy atom. The summed E-state index contributed by atoms with van der Waals surface area (Å²) in [6.45, 7) is 1.99. The van der Waals surface area contributed by atoms with E-state index in [0.717, 1.165) is 17.6 Å². The first kappa shape index (κ1) is 20.5. The van der Waals surface area contributed by atoms with Crippen LogP contribution in [0.1, 0.15) is 12.5 Å². The summed E-state index contributed by atoms with van der Waals surface area (Å²) in [5, 5.41) is 14.8. The molecule has 0 aliphatic carbocycles. The van der Waals surface area contributed by atoms with Crippen LogP contribution in [0.15, 0.2) is 72.8 Å². The van der Waals surface area contributed by atoms with Crippen molar-refractivity contribution in [2.75, 3.05) is 11.9 Å². The molecule has 0 aliphatic heterocycles. The molecule has 4 aromatic rings. The normalized spacial score (nSPS) is 10.6. The summed E-state index contributed by atoms with van der Waals surface area (Å²) in [4.78, 5) is 13.7. The molecule has 1 aromatic heterocycles. The summed E-state index contributed by atoms with van der Waals surface area (Å²) in [7, 11) is 0. The van der Waals surface area contributed by atoms with Crippen molar-refractivity contribution in [1.29, 1.82) is 0 Å². The van der Waals surface area contributed by atoms with Gasteiger partial charge in [0, 0.05) is 5.69 Å². The Bertz CT molecular complexity index is 1210. The van der Waals surface area contributed by atoms with Crippen molar-refractivity contribution < 1.29 is 9.53 Å². The average Bonchev–Trinajstić information content (AvgIpc) is 3.22. The maximum absolute atomic E-state index is 12.0. The molecule has 31 heavy (non-hydrogen) atoms. The quantitative estimate of drug-likeness (QED) is 0.451. The molecular formula is C23H21N5O2S. The predicted molar refractivity (Wildman–Crippen MR) is 125 cm³/mol. The lowest BCUT2D eigenvalue weighted by Gasteiger charge is -2.10. The zero-order valence-electron chi connectivity index (χ0n) is 16.9. The number of nitrogens with one attached hydrogen (secondary N) is 2. The highest BCUT2D eigenvalue weighted by atomic mass is 32.1. The molecule has 0 saturated heterocycles. The van der Waals surface area contributed by atoms with Crippen molar-refractivity contribution in [3.05, 3.63) is 78.4 Å². The molecule has 8 heteroatoms. The molecule has 0 unspecified atom stereocenters. The summed E-state index contributed by atoms with van der Waals surface area (Å²) < 4.78 is 5.42. The van der Waals surface area contributed by atoms with E-state index in [1.165, 1.54) is 5.56 Å². The number of hydrogen-bond donors (Lipinski definition) is 2. The van der Waals surface area contributed by atoms with Crippen LogP contribution < -0.4 is 15.4 Å². The smallest absolute Gasteiger partial charge is 0.264 e. The molecule has 4 rings (SSSR count). The molecule has 0 bridgehead atoms. The van der Waals surface area contributed by atoms with Gasteiger partial charge < -0.3 is 10.1 Å². The highest BCUT2D eigenvalue weighted by Gasteiger charge is 2.09. The minimum atomic E-state index is -0.344. The van der Waals surface area contributed by atoms with E-state index in [4.69, 9.17) is 17.0 Å². The van der Waals surface area contributed by atoms with Gasteiger partial charge in [-0.25, -0.2) is 0 Å². The van der Waals surface area contributed by atoms with Crippen molar-refractivity contribution in [2.45, 2.75) is 13.3 Å². The summed E-state index contributed by atoms with van der Waals surface area (Å²) in [6, 6.07) is 22.8. The molecular weight excluding hydrogens is 410 g/mol. The molecule has 0 radical (unpaired) electrons. The van der Waals surface area contributed by atoms with Gasteiger partial charge in [-0.15, -0.1) is 10.2 Å². The second kappa shape index (κ2) is 9.36. The number of para-hydroxylation sites is 1. The number of rotatable bonds is 6. The fraction of sp³-hybridized carbons (Fsp3) is 0.130. The third kappa shape index (κ3) is 5.23. The van der Waals surface area contributed by atoms with E-state index in [2.05, 4.69) is 39.9 Å². The summed E-state index contributed by atoms with van der Waals surface area (Å²) in [6.07, 6.45) is 0.985. The van der Waals surface area contributed by atoms with E-state index >= 15 is 0 Å². The Morgan fingerprint density at radius 2 is 1.74 bits per heavy atom. The fourth-order valence-electron chi connectivity index (χ4n) is 2.96. The van der Waals surface area contributed by atoms with Crippen LogP contribution in [0.25, 0.3) is 16.7 Å². The Morgan fingerprint density at radius 1 is 1.00 bits per heavy atom. The highest BCUT2D eigenvalue weighted by molar-refractivity contribution is 7.80. The number of fused-ring (bicyclic) bond motifs is 1. The first-order valence-corrected chi connectivity index (χ1v) is 10.3. The van der Waals surface area contributed by atoms with Gasteiger partial charge in [0.2, 0.25) is 0 Å². The van der Waals surface area contributed by atoms with Crippen LogP contribution in [0.2, 0.25) is 0 Å². The summed E-state index contributed by atoms with van der Waals surface area (Å²) in [5.74, 6) is 0.276. The third-order valence-electron chi connectivity index (χ3n) is 4.58. The Labute approximate surface area is 185 Å². The van der Waals surface area contributed by atoms with E-state index in [0.29, 0.717) is 17.0 Å². The zero-order chi connectivity index (χ0) is 21.6. The van der Waals surface area contributed by atoms with Crippen LogP contribution in [0, 0.1) is 0 Å². The van der Waals surface area contributed by atoms with Gasteiger partial charge in [0.15, 0.2) is 11.7 Å². The van der Waals surface area contributed by atoms with Gasteiger partial charge in [-0.2, -0.15) is 4.80 Å². The van der Waals surface area contributed by atoms with Crippen molar-refractivity contribution in [3.63, 3.8) is 0 Å². The number of ether oxygens (including phenoxy) is 1. The minimum absolute atomic E-state index is 0.129. The van der Waals surface area contributed by atoms with Gasteiger partial charge in [-0.3, -0.25) is 10.1 Å². The summed E-state index contributed by atoms with van der Waals surface area (Å²) in [5.41, 5.74) is 4.33. The van der Waals surface area contributed by atoms with Crippen LogP contribution in [0.3, 0.4) is 0 Å². The lowest BCUT2D eigenvalue weighted by atomic mass is 10.2. The molecule has 0 spiro atoms. The zero-order valence-corrected chi connectivity index (χ0v) is 17.7. The van der Waals surface area contributed by atoms with Gasteiger partial charge in [-0.05, 0) is 66.7 Å². The van der Waals surface area contributed by atoms with E-state index in [1.54, 1.807) is 16.9 Å². The Kier molecular flexibility index (Phi) is 6.18. The standard InChI is InChI=1S/C23H21N5O2S/c1-2-16-8-11-18(12-9-16)28-26-20-13-10-17(14-21(20)27-28)24-23(31)25-22(29)15-30-19-6-4-3-5-7-19/h3-14H,2,15H2,1H3,(H2,24,25,29,31). The number of carbonyl (C=O) groups excluding carboxylic acids is 1. The monoisotopic (exact) mass is 431 g/mol. The maximum atomic E-state index is 12.0.